The Morgan fingerprint density at radius 3 is 2.93 bits per heavy atom. The second kappa shape index (κ2) is 3.96. The lowest BCUT2D eigenvalue weighted by atomic mass is 9.86. The predicted molar refractivity (Wildman–Crippen MR) is 52.4 cm³/mol. The van der Waals surface area contributed by atoms with Crippen LogP contribution in [0.25, 0.3) is 0 Å². The number of aliphatic hydroxyl groups excluding tert-OH is 1. The monoisotopic (exact) mass is 196 g/mol. The van der Waals surface area contributed by atoms with E-state index in [9.17, 15) is 5.11 Å². The van der Waals surface area contributed by atoms with Gasteiger partial charge in [-0.25, -0.2) is 4.68 Å². The highest BCUT2D eigenvalue weighted by Gasteiger charge is 2.23. The van der Waals surface area contributed by atoms with Crippen LogP contribution < -0.4 is 5.73 Å². The molecule has 0 aliphatic heterocycles. The number of nitrogen functional groups attached to an aromatic ring is 1. The van der Waals surface area contributed by atoms with Crippen molar-refractivity contribution in [2.45, 2.75) is 38.3 Å². The molecule has 1 aromatic heterocycles. The average Bonchev–Trinajstić information content (AvgIpc) is 2.56. The first-order chi connectivity index (χ1) is 6.75. The van der Waals surface area contributed by atoms with Gasteiger partial charge >= 0.3 is 0 Å². The number of rotatable bonds is 2. The van der Waals surface area contributed by atoms with Gasteiger partial charge in [-0.1, -0.05) is 18.1 Å². The molecule has 0 saturated heterocycles. The Morgan fingerprint density at radius 1 is 1.50 bits per heavy atom. The minimum Gasteiger partial charge on any atom is -0.393 e. The zero-order chi connectivity index (χ0) is 9.97. The summed E-state index contributed by atoms with van der Waals surface area (Å²) in [5.74, 6) is 0.750. The van der Waals surface area contributed by atoms with E-state index in [1.807, 2.05) is 0 Å². The first-order valence-electron chi connectivity index (χ1n) is 5.09. The quantitative estimate of drug-likeness (QED) is 0.718. The molecule has 2 rings (SSSR count). The Labute approximate surface area is 82.9 Å². The highest BCUT2D eigenvalue weighted by atomic mass is 16.3. The first-order valence-corrected chi connectivity index (χ1v) is 5.09. The third-order valence-electron chi connectivity index (χ3n) is 2.85. The first kappa shape index (κ1) is 9.45. The summed E-state index contributed by atoms with van der Waals surface area (Å²) in [7, 11) is 0. The third kappa shape index (κ3) is 2.04. The van der Waals surface area contributed by atoms with Crippen LogP contribution in [0.15, 0.2) is 6.20 Å². The van der Waals surface area contributed by atoms with Crippen molar-refractivity contribution in [3.63, 3.8) is 0 Å². The number of hydrogen-bond donors (Lipinski definition) is 2. The minimum absolute atomic E-state index is 0.186. The Hall–Kier alpha value is -1.10. The van der Waals surface area contributed by atoms with Crippen molar-refractivity contribution >= 4 is 5.82 Å². The molecule has 0 aromatic carbocycles. The molecule has 1 saturated carbocycles. The summed E-state index contributed by atoms with van der Waals surface area (Å²) in [6, 6.07) is 0. The largest absolute Gasteiger partial charge is 0.393 e. The molecule has 0 radical (unpaired) electrons. The lowest BCUT2D eigenvalue weighted by Crippen LogP contribution is -2.28. The van der Waals surface area contributed by atoms with Crippen molar-refractivity contribution in [2.75, 3.05) is 5.73 Å². The number of anilines is 1. The van der Waals surface area contributed by atoms with E-state index in [2.05, 4.69) is 10.3 Å². The molecule has 1 heterocycles. The van der Waals surface area contributed by atoms with E-state index in [1.165, 1.54) is 6.42 Å². The van der Waals surface area contributed by atoms with Crippen molar-refractivity contribution < 1.29 is 5.11 Å². The van der Waals surface area contributed by atoms with Crippen molar-refractivity contribution in [3.05, 3.63) is 6.20 Å². The van der Waals surface area contributed by atoms with Crippen molar-refractivity contribution in [1.29, 1.82) is 0 Å². The van der Waals surface area contributed by atoms with Crippen LogP contribution in [0.3, 0.4) is 0 Å². The van der Waals surface area contributed by atoms with Crippen molar-refractivity contribution in [1.82, 2.24) is 15.0 Å². The number of aliphatic hydroxyl groups is 1. The van der Waals surface area contributed by atoms with Crippen LogP contribution in [0.5, 0.6) is 0 Å². The summed E-state index contributed by atoms with van der Waals surface area (Å²) >= 11 is 0. The maximum absolute atomic E-state index is 9.74. The van der Waals surface area contributed by atoms with Gasteiger partial charge in [0.05, 0.1) is 12.3 Å². The van der Waals surface area contributed by atoms with Gasteiger partial charge in [-0.15, -0.1) is 5.10 Å². The third-order valence-corrected chi connectivity index (χ3v) is 2.85. The molecule has 5 nitrogen and oxygen atoms in total. The summed E-state index contributed by atoms with van der Waals surface area (Å²) < 4.78 is 1.72. The van der Waals surface area contributed by atoms with Gasteiger partial charge in [0.15, 0.2) is 5.82 Å². The zero-order valence-corrected chi connectivity index (χ0v) is 8.13. The molecule has 0 amide bonds. The SMILES string of the molecule is Nc1cn(CC2CCCCC2O)nn1. The van der Waals surface area contributed by atoms with E-state index in [0.29, 0.717) is 11.7 Å². The summed E-state index contributed by atoms with van der Waals surface area (Å²) in [5, 5.41) is 17.3. The Bertz CT molecular complexity index is 299. The van der Waals surface area contributed by atoms with E-state index in [1.54, 1.807) is 10.9 Å². The molecule has 1 fully saturated rings. The molecule has 0 bridgehead atoms. The smallest absolute Gasteiger partial charge is 0.165 e. The van der Waals surface area contributed by atoms with Crippen molar-refractivity contribution in [2.24, 2.45) is 5.92 Å². The van der Waals surface area contributed by atoms with Gasteiger partial charge in [0.25, 0.3) is 0 Å². The predicted octanol–water partition coefficient (Wildman–Crippen LogP) is 0.411. The van der Waals surface area contributed by atoms with E-state index in [4.69, 9.17) is 5.73 Å². The Balaban J connectivity index is 1.95. The molecular formula is C9H16N4O. The van der Waals surface area contributed by atoms with Crippen LogP contribution >= 0.6 is 0 Å². The van der Waals surface area contributed by atoms with Crippen molar-refractivity contribution in [3.8, 4) is 0 Å². The summed E-state index contributed by atoms with van der Waals surface area (Å²) in [6.07, 6.45) is 5.84. The van der Waals surface area contributed by atoms with Crippen LogP contribution in [0.4, 0.5) is 5.82 Å². The van der Waals surface area contributed by atoms with Gasteiger partial charge in [0, 0.05) is 12.5 Å². The van der Waals surface area contributed by atoms with Crippen LogP contribution in [-0.2, 0) is 6.54 Å². The number of nitrogens with two attached hydrogens (primary N) is 1. The summed E-state index contributed by atoms with van der Waals surface area (Å²) in [6.45, 7) is 0.728. The lowest BCUT2D eigenvalue weighted by Gasteiger charge is -2.26. The molecule has 5 heteroatoms. The van der Waals surface area contributed by atoms with Crippen LogP contribution in [0, 0.1) is 5.92 Å². The molecule has 2 unspecified atom stereocenters. The van der Waals surface area contributed by atoms with Crippen LogP contribution in [-0.4, -0.2) is 26.2 Å². The maximum Gasteiger partial charge on any atom is 0.165 e. The number of nitrogens with zero attached hydrogens (tertiary/aromatic N) is 3. The second-order valence-electron chi connectivity index (χ2n) is 3.98. The molecule has 3 N–H and O–H groups in total. The van der Waals surface area contributed by atoms with Gasteiger partial charge in [0.1, 0.15) is 0 Å². The number of aromatic nitrogens is 3. The molecule has 0 spiro atoms. The molecule has 14 heavy (non-hydrogen) atoms. The van der Waals surface area contributed by atoms with Gasteiger partial charge in [0.2, 0.25) is 0 Å². The maximum atomic E-state index is 9.74. The Kier molecular flexibility index (Phi) is 2.67. The second-order valence-corrected chi connectivity index (χ2v) is 3.98. The van der Waals surface area contributed by atoms with Gasteiger partial charge < -0.3 is 10.8 Å². The fourth-order valence-corrected chi connectivity index (χ4v) is 2.04. The van der Waals surface area contributed by atoms with E-state index in [-0.39, 0.29) is 6.10 Å². The standard InChI is InChI=1S/C9H16N4O/c10-9-6-13(12-11-9)5-7-3-1-2-4-8(7)14/h6-8,14H,1-5,10H2. The zero-order valence-electron chi connectivity index (χ0n) is 8.13. The fourth-order valence-electron chi connectivity index (χ4n) is 2.04. The Morgan fingerprint density at radius 2 is 2.29 bits per heavy atom. The highest BCUT2D eigenvalue weighted by Crippen LogP contribution is 2.25. The van der Waals surface area contributed by atoms with E-state index >= 15 is 0 Å². The van der Waals surface area contributed by atoms with Gasteiger partial charge in [-0.05, 0) is 12.8 Å². The molecule has 78 valence electrons. The summed E-state index contributed by atoms with van der Waals surface area (Å²) in [4.78, 5) is 0. The van der Waals surface area contributed by atoms with Crippen LogP contribution in [0.2, 0.25) is 0 Å². The van der Waals surface area contributed by atoms with Gasteiger partial charge in [-0.2, -0.15) is 0 Å². The summed E-state index contributed by atoms with van der Waals surface area (Å²) in [5.41, 5.74) is 5.46. The van der Waals surface area contributed by atoms with Crippen LogP contribution in [0.1, 0.15) is 25.7 Å². The topological polar surface area (TPSA) is 77.0 Å². The molecular weight excluding hydrogens is 180 g/mol. The van der Waals surface area contributed by atoms with E-state index in [0.717, 1.165) is 25.8 Å². The van der Waals surface area contributed by atoms with Gasteiger partial charge in [-0.3, -0.25) is 0 Å². The van der Waals surface area contributed by atoms with E-state index < -0.39 is 0 Å². The molecule has 1 aromatic rings. The molecule has 1 aliphatic rings. The number of hydrogen-bond acceptors (Lipinski definition) is 4. The molecule has 2 atom stereocenters. The fraction of sp³-hybridized carbons (Fsp3) is 0.778. The molecule has 1 aliphatic carbocycles. The highest BCUT2D eigenvalue weighted by molar-refractivity contribution is 5.19. The normalized spacial score (nSPS) is 27.8. The lowest BCUT2D eigenvalue weighted by molar-refractivity contribution is 0.0584. The minimum atomic E-state index is -0.186. The average molecular weight is 196 g/mol.